The van der Waals surface area contributed by atoms with Gasteiger partial charge in [-0.3, -0.25) is 9.69 Å². The maximum Gasteiger partial charge on any atom is 0.292 e. The number of rotatable bonds is 4. The molecule has 2 bridgehead atoms. The van der Waals surface area contributed by atoms with Crippen molar-refractivity contribution < 1.29 is 14.1 Å². The number of carbonyl (C=O) groups excluding carboxylic acids is 1. The summed E-state index contributed by atoms with van der Waals surface area (Å²) in [6.07, 6.45) is 3.13. The van der Waals surface area contributed by atoms with Crippen molar-refractivity contribution in [3.8, 4) is 5.75 Å². The molecule has 2 aromatic rings. The third kappa shape index (κ3) is 2.73. The van der Waals surface area contributed by atoms with Crippen LogP contribution < -0.4 is 4.74 Å². The molecule has 0 unspecified atom stereocenters. The van der Waals surface area contributed by atoms with Gasteiger partial charge in [-0.25, -0.2) is 0 Å². The van der Waals surface area contributed by atoms with Crippen molar-refractivity contribution in [1.82, 2.24) is 15.0 Å². The van der Waals surface area contributed by atoms with E-state index in [4.69, 9.17) is 9.26 Å². The number of carbonyl (C=O) groups is 1. The molecule has 6 nitrogen and oxygen atoms in total. The van der Waals surface area contributed by atoms with Crippen molar-refractivity contribution in [1.29, 1.82) is 0 Å². The molecule has 6 rings (SSSR count). The summed E-state index contributed by atoms with van der Waals surface area (Å²) in [5.74, 6) is 2.13. The SMILES string of the molecule is CCc1cc(C(=O)N2C[C@@H](c3ccc(OC)cc3)[C@@H]3[C@H]2C2CCN3CC2)on1. The van der Waals surface area contributed by atoms with E-state index in [1.54, 1.807) is 13.2 Å². The molecular weight excluding hydrogens is 354 g/mol. The topological polar surface area (TPSA) is 58.8 Å². The zero-order chi connectivity index (χ0) is 19.3. The number of hydrogen-bond acceptors (Lipinski definition) is 5. The molecule has 6 heteroatoms. The molecule has 4 saturated heterocycles. The van der Waals surface area contributed by atoms with Gasteiger partial charge in [-0.1, -0.05) is 24.2 Å². The third-order valence-electron chi connectivity index (χ3n) is 6.93. The molecule has 4 fully saturated rings. The van der Waals surface area contributed by atoms with Crippen molar-refractivity contribution in [3.05, 3.63) is 47.3 Å². The van der Waals surface area contributed by atoms with Crippen LogP contribution in [0.5, 0.6) is 5.75 Å². The first-order valence-corrected chi connectivity index (χ1v) is 10.3. The molecule has 0 saturated carbocycles. The summed E-state index contributed by atoms with van der Waals surface area (Å²) in [4.78, 5) is 18.0. The van der Waals surface area contributed by atoms with E-state index < -0.39 is 0 Å². The zero-order valence-electron chi connectivity index (χ0n) is 16.5. The Morgan fingerprint density at radius 3 is 2.61 bits per heavy atom. The smallest absolute Gasteiger partial charge is 0.292 e. The van der Waals surface area contributed by atoms with Crippen molar-refractivity contribution >= 4 is 5.91 Å². The Kier molecular flexibility index (Phi) is 4.38. The Morgan fingerprint density at radius 1 is 1.21 bits per heavy atom. The lowest BCUT2D eigenvalue weighted by Crippen LogP contribution is -2.60. The molecular formula is C22H27N3O3. The van der Waals surface area contributed by atoms with Gasteiger partial charge in [0, 0.05) is 24.6 Å². The lowest BCUT2D eigenvalue weighted by atomic mass is 9.75. The molecule has 1 aromatic carbocycles. The molecule has 0 spiro atoms. The van der Waals surface area contributed by atoms with E-state index in [1.165, 1.54) is 18.4 Å². The number of piperidine rings is 3. The molecule has 4 aliphatic heterocycles. The van der Waals surface area contributed by atoms with Gasteiger partial charge in [0.2, 0.25) is 5.76 Å². The zero-order valence-corrected chi connectivity index (χ0v) is 16.5. The minimum absolute atomic E-state index is 0.00744. The number of fused-ring (bicyclic) bond motifs is 2. The highest BCUT2D eigenvalue weighted by Crippen LogP contribution is 2.47. The first kappa shape index (κ1) is 17.7. The Hall–Kier alpha value is -2.34. The molecule has 5 heterocycles. The second kappa shape index (κ2) is 6.92. The predicted molar refractivity (Wildman–Crippen MR) is 105 cm³/mol. The number of nitrogens with zero attached hydrogens (tertiary/aromatic N) is 3. The predicted octanol–water partition coefficient (Wildman–Crippen LogP) is 2.95. The largest absolute Gasteiger partial charge is 0.497 e. The highest BCUT2D eigenvalue weighted by molar-refractivity contribution is 5.92. The van der Waals surface area contributed by atoms with Crippen LogP contribution in [-0.2, 0) is 6.42 Å². The van der Waals surface area contributed by atoms with Crippen molar-refractivity contribution in [3.63, 3.8) is 0 Å². The van der Waals surface area contributed by atoms with Crippen LogP contribution in [-0.4, -0.2) is 59.7 Å². The van der Waals surface area contributed by atoms with Crippen LogP contribution in [0.25, 0.3) is 0 Å². The highest BCUT2D eigenvalue weighted by atomic mass is 16.5. The lowest BCUT2D eigenvalue weighted by molar-refractivity contribution is -0.00451. The third-order valence-corrected chi connectivity index (χ3v) is 6.93. The Bertz CT molecular complexity index is 854. The van der Waals surface area contributed by atoms with Gasteiger partial charge in [-0.15, -0.1) is 0 Å². The number of amides is 1. The second-order valence-corrected chi connectivity index (χ2v) is 8.23. The normalized spacial score (nSPS) is 31.1. The first-order chi connectivity index (χ1) is 13.7. The van der Waals surface area contributed by atoms with Crippen LogP contribution >= 0.6 is 0 Å². The second-order valence-electron chi connectivity index (χ2n) is 8.23. The van der Waals surface area contributed by atoms with Gasteiger partial charge in [0.25, 0.3) is 5.91 Å². The van der Waals surface area contributed by atoms with Crippen molar-refractivity contribution in [2.45, 2.75) is 44.2 Å². The fourth-order valence-corrected chi connectivity index (χ4v) is 5.52. The van der Waals surface area contributed by atoms with Gasteiger partial charge in [-0.05, 0) is 56.0 Å². The number of aromatic nitrogens is 1. The molecule has 148 valence electrons. The average molecular weight is 381 g/mol. The molecule has 4 aliphatic rings. The van der Waals surface area contributed by atoms with Crippen LogP contribution in [0.2, 0.25) is 0 Å². The van der Waals surface area contributed by atoms with Crippen LogP contribution in [0.3, 0.4) is 0 Å². The summed E-state index contributed by atoms with van der Waals surface area (Å²) in [7, 11) is 1.69. The molecule has 0 aliphatic carbocycles. The molecule has 1 amide bonds. The van der Waals surface area contributed by atoms with E-state index in [2.05, 4.69) is 27.1 Å². The Labute approximate surface area is 165 Å². The van der Waals surface area contributed by atoms with E-state index in [0.29, 0.717) is 23.6 Å². The van der Waals surface area contributed by atoms with E-state index in [9.17, 15) is 4.79 Å². The average Bonchev–Trinajstić information content (AvgIpc) is 3.40. The number of benzene rings is 1. The van der Waals surface area contributed by atoms with E-state index in [1.807, 2.05) is 19.1 Å². The van der Waals surface area contributed by atoms with Crippen LogP contribution in [0, 0.1) is 5.92 Å². The molecule has 1 aromatic heterocycles. The Balaban J connectivity index is 1.48. The monoisotopic (exact) mass is 381 g/mol. The van der Waals surface area contributed by atoms with Gasteiger partial charge >= 0.3 is 0 Å². The lowest BCUT2D eigenvalue weighted by Gasteiger charge is -2.51. The summed E-state index contributed by atoms with van der Waals surface area (Å²) < 4.78 is 10.7. The van der Waals surface area contributed by atoms with Crippen LogP contribution in [0.15, 0.2) is 34.9 Å². The number of methoxy groups -OCH3 is 1. The van der Waals surface area contributed by atoms with E-state index >= 15 is 0 Å². The molecule has 0 radical (unpaired) electrons. The number of aryl methyl sites for hydroxylation is 1. The highest BCUT2D eigenvalue weighted by Gasteiger charge is 2.55. The quantitative estimate of drug-likeness (QED) is 0.815. The summed E-state index contributed by atoms with van der Waals surface area (Å²) in [6.45, 7) is 5.03. The summed E-state index contributed by atoms with van der Waals surface area (Å²) >= 11 is 0. The van der Waals surface area contributed by atoms with Crippen LogP contribution in [0.4, 0.5) is 0 Å². The minimum atomic E-state index is -0.00744. The van der Waals surface area contributed by atoms with E-state index in [0.717, 1.165) is 37.5 Å². The molecule has 3 atom stereocenters. The maximum atomic E-state index is 13.3. The fourth-order valence-electron chi connectivity index (χ4n) is 5.52. The first-order valence-electron chi connectivity index (χ1n) is 10.3. The van der Waals surface area contributed by atoms with Crippen molar-refractivity contribution in [2.75, 3.05) is 26.7 Å². The van der Waals surface area contributed by atoms with Gasteiger partial charge in [0.05, 0.1) is 18.8 Å². The summed E-state index contributed by atoms with van der Waals surface area (Å²) in [6, 6.07) is 10.8. The molecule has 0 N–H and O–H groups in total. The minimum Gasteiger partial charge on any atom is -0.497 e. The van der Waals surface area contributed by atoms with Gasteiger partial charge < -0.3 is 14.2 Å². The fraction of sp³-hybridized carbons (Fsp3) is 0.545. The van der Waals surface area contributed by atoms with Gasteiger partial charge in [0.15, 0.2) is 0 Å². The van der Waals surface area contributed by atoms with Gasteiger partial charge in [-0.2, -0.15) is 0 Å². The number of hydrogen-bond donors (Lipinski definition) is 0. The van der Waals surface area contributed by atoms with Crippen LogP contribution in [0.1, 0.15) is 47.5 Å². The number of ether oxygens (including phenoxy) is 1. The summed E-state index contributed by atoms with van der Waals surface area (Å²) in [5, 5.41) is 4.03. The van der Waals surface area contributed by atoms with E-state index in [-0.39, 0.29) is 11.9 Å². The maximum absolute atomic E-state index is 13.3. The molecule has 28 heavy (non-hydrogen) atoms. The Morgan fingerprint density at radius 2 is 1.96 bits per heavy atom. The summed E-state index contributed by atoms with van der Waals surface area (Å²) in [5.41, 5.74) is 2.12. The van der Waals surface area contributed by atoms with Gasteiger partial charge in [0.1, 0.15) is 5.75 Å². The standard InChI is InChI=1S/C22H27N3O3/c1-3-16-12-19(28-23-16)22(26)25-13-18(14-4-6-17(27-2)7-5-14)21-20(25)15-8-10-24(21)11-9-15/h4-7,12,15,18,20-21H,3,8-11,13H2,1-2H3/t18-,20+,21+/m0/s1. The number of likely N-dealkylation sites (tertiary alicyclic amines) is 1. The van der Waals surface area contributed by atoms with Crippen molar-refractivity contribution in [2.24, 2.45) is 5.92 Å².